The lowest BCUT2D eigenvalue weighted by Crippen LogP contribution is -2.08. The van der Waals surface area contributed by atoms with Crippen molar-refractivity contribution in [3.8, 4) is 5.75 Å². The molecule has 3 nitrogen and oxygen atoms in total. The molecule has 0 saturated heterocycles. The maximum atomic E-state index is 12.2. The topological polar surface area (TPSA) is 38.3 Å². The minimum absolute atomic E-state index is 0.0269. The van der Waals surface area contributed by atoms with Gasteiger partial charge < -0.3 is 10.1 Å². The van der Waals surface area contributed by atoms with E-state index in [1.54, 1.807) is 12.3 Å². The quantitative estimate of drug-likeness (QED) is 0.148. The van der Waals surface area contributed by atoms with Crippen LogP contribution in [0.3, 0.4) is 0 Å². The lowest BCUT2D eigenvalue weighted by atomic mass is 10.1. The number of allylic oxidation sites excluding steroid dienone is 1. The van der Waals surface area contributed by atoms with Gasteiger partial charge in [-0.25, -0.2) is 0 Å². The Morgan fingerprint density at radius 2 is 1.34 bits per heavy atom. The molecule has 0 fully saturated rings. The summed E-state index contributed by atoms with van der Waals surface area (Å²) in [5, 5.41) is 3.23. The number of carbonyl (C=O) groups is 1. The minimum atomic E-state index is 0.0269. The molecule has 0 heterocycles. The zero-order chi connectivity index (χ0) is 21.0. The van der Waals surface area contributed by atoms with Crippen LogP contribution in [0.25, 0.3) is 0 Å². The van der Waals surface area contributed by atoms with Gasteiger partial charge in [0.25, 0.3) is 0 Å². The summed E-state index contributed by atoms with van der Waals surface area (Å²) in [6, 6.07) is 7.45. The van der Waals surface area contributed by atoms with Crippen LogP contribution in [0.4, 0.5) is 0 Å². The van der Waals surface area contributed by atoms with Gasteiger partial charge in [0.2, 0.25) is 0 Å². The molecule has 164 valence electrons. The van der Waals surface area contributed by atoms with E-state index in [0.717, 1.165) is 31.7 Å². The third-order valence-electron chi connectivity index (χ3n) is 5.18. The average molecular weight is 402 g/mol. The Bertz CT molecular complexity index is 536. The van der Waals surface area contributed by atoms with Crippen molar-refractivity contribution < 1.29 is 9.53 Å². The molecule has 0 bridgehead atoms. The standard InChI is InChI=1S/C26H43NO2/c1-3-5-7-9-10-11-12-13-14-21-27-22-20-26(28)24-16-18-25(19-17-24)29-23-15-8-6-4-2/h16-20,22,27H,3-15,21,23H2,1-2H3/b22-20-. The second-order valence-electron chi connectivity index (χ2n) is 7.91. The first-order valence-electron chi connectivity index (χ1n) is 11.9. The van der Waals surface area contributed by atoms with Gasteiger partial charge in [-0.2, -0.15) is 0 Å². The monoisotopic (exact) mass is 401 g/mol. The summed E-state index contributed by atoms with van der Waals surface area (Å²) < 4.78 is 5.72. The van der Waals surface area contributed by atoms with Crippen molar-refractivity contribution in [3.63, 3.8) is 0 Å². The van der Waals surface area contributed by atoms with E-state index in [2.05, 4.69) is 19.2 Å². The lowest BCUT2D eigenvalue weighted by Gasteiger charge is -2.06. The normalized spacial score (nSPS) is 11.1. The van der Waals surface area contributed by atoms with E-state index >= 15 is 0 Å². The van der Waals surface area contributed by atoms with Gasteiger partial charge in [-0.05, 0) is 37.1 Å². The summed E-state index contributed by atoms with van der Waals surface area (Å²) in [7, 11) is 0. The molecule has 0 atom stereocenters. The molecule has 3 heteroatoms. The Kier molecular flexibility index (Phi) is 15.9. The molecule has 0 unspecified atom stereocenters. The van der Waals surface area contributed by atoms with Crippen molar-refractivity contribution >= 4 is 5.78 Å². The Morgan fingerprint density at radius 1 is 0.793 bits per heavy atom. The van der Waals surface area contributed by atoms with Crippen molar-refractivity contribution in [3.05, 3.63) is 42.1 Å². The summed E-state index contributed by atoms with van der Waals surface area (Å²) in [4.78, 5) is 12.2. The van der Waals surface area contributed by atoms with E-state index in [1.807, 2.05) is 24.3 Å². The molecule has 0 amide bonds. The number of hydrogen-bond donors (Lipinski definition) is 1. The zero-order valence-corrected chi connectivity index (χ0v) is 18.9. The number of nitrogens with one attached hydrogen (secondary N) is 1. The summed E-state index contributed by atoms with van der Waals surface area (Å²) in [5.74, 6) is 0.865. The van der Waals surface area contributed by atoms with E-state index in [0.29, 0.717) is 5.56 Å². The van der Waals surface area contributed by atoms with E-state index in [9.17, 15) is 4.79 Å². The number of benzene rings is 1. The molecule has 1 rings (SSSR count). The van der Waals surface area contributed by atoms with E-state index < -0.39 is 0 Å². The highest BCUT2D eigenvalue weighted by molar-refractivity contribution is 6.04. The largest absolute Gasteiger partial charge is 0.494 e. The van der Waals surface area contributed by atoms with Gasteiger partial charge in [0.1, 0.15) is 5.75 Å². The van der Waals surface area contributed by atoms with Crippen molar-refractivity contribution in [2.75, 3.05) is 13.2 Å². The van der Waals surface area contributed by atoms with Gasteiger partial charge in [0.15, 0.2) is 5.78 Å². The van der Waals surface area contributed by atoms with Crippen LogP contribution >= 0.6 is 0 Å². The van der Waals surface area contributed by atoms with E-state index in [4.69, 9.17) is 4.74 Å². The molecular weight excluding hydrogens is 358 g/mol. The average Bonchev–Trinajstić information content (AvgIpc) is 2.74. The Hall–Kier alpha value is -1.77. The van der Waals surface area contributed by atoms with Gasteiger partial charge in [-0.15, -0.1) is 0 Å². The second kappa shape index (κ2) is 18.3. The molecule has 0 aromatic heterocycles. The van der Waals surface area contributed by atoms with Crippen molar-refractivity contribution in [1.82, 2.24) is 5.32 Å². The first kappa shape index (κ1) is 25.3. The maximum Gasteiger partial charge on any atom is 0.187 e. The molecule has 0 radical (unpaired) electrons. The predicted octanol–water partition coefficient (Wildman–Crippen LogP) is 7.46. The fourth-order valence-corrected chi connectivity index (χ4v) is 3.29. The summed E-state index contributed by atoms with van der Waals surface area (Å²) in [5.41, 5.74) is 0.699. The third kappa shape index (κ3) is 13.9. The molecule has 0 aliphatic heterocycles. The van der Waals surface area contributed by atoms with Crippen molar-refractivity contribution in [2.45, 2.75) is 97.3 Å². The van der Waals surface area contributed by atoms with Gasteiger partial charge >= 0.3 is 0 Å². The molecule has 0 aliphatic carbocycles. The Morgan fingerprint density at radius 3 is 1.97 bits per heavy atom. The number of hydrogen-bond acceptors (Lipinski definition) is 3. The number of ketones is 1. The summed E-state index contributed by atoms with van der Waals surface area (Å²) >= 11 is 0. The summed E-state index contributed by atoms with van der Waals surface area (Å²) in [6.07, 6.45) is 20.2. The highest BCUT2D eigenvalue weighted by atomic mass is 16.5. The highest BCUT2D eigenvalue weighted by Crippen LogP contribution is 2.14. The Balaban J connectivity index is 2.07. The van der Waals surface area contributed by atoms with Crippen LogP contribution in [-0.2, 0) is 0 Å². The number of carbonyl (C=O) groups excluding carboxylic acids is 1. The Labute approximate surface area is 179 Å². The smallest absolute Gasteiger partial charge is 0.187 e. The predicted molar refractivity (Wildman–Crippen MR) is 125 cm³/mol. The highest BCUT2D eigenvalue weighted by Gasteiger charge is 2.02. The van der Waals surface area contributed by atoms with Crippen LogP contribution in [-0.4, -0.2) is 18.9 Å². The van der Waals surface area contributed by atoms with Crippen molar-refractivity contribution in [2.24, 2.45) is 0 Å². The van der Waals surface area contributed by atoms with Crippen LogP contribution in [0.1, 0.15) is 108 Å². The molecule has 0 spiro atoms. The van der Waals surface area contributed by atoms with Gasteiger partial charge in [-0.3, -0.25) is 4.79 Å². The van der Waals surface area contributed by atoms with Gasteiger partial charge in [0.05, 0.1) is 6.61 Å². The van der Waals surface area contributed by atoms with E-state index in [1.165, 1.54) is 70.6 Å². The molecule has 0 saturated carbocycles. The minimum Gasteiger partial charge on any atom is -0.494 e. The van der Waals surface area contributed by atoms with Crippen LogP contribution in [0.2, 0.25) is 0 Å². The summed E-state index contributed by atoms with van der Waals surface area (Å²) in [6.45, 7) is 6.15. The van der Waals surface area contributed by atoms with E-state index in [-0.39, 0.29) is 5.78 Å². The molecular formula is C26H43NO2. The van der Waals surface area contributed by atoms with Crippen molar-refractivity contribution in [1.29, 1.82) is 0 Å². The van der Waals surface area contributed by atoms with Crippen LogP contribution in [0.5, 0.6) is 5.75 Å². The zero-order valence-electron chi connectivity index (χ0n) is 18.9. The molecule has 29 heavy (non-hydrogen) atoms. The molecule has 1 N–H and O–H groups in total. The fraction of sp³-hybridized carbons (Fsp3) is 0.654. The SMILES string of the molecule is CCCCCCCCCCCN/C=C\C(=O)c1ccc(OCCCCCC)cc1. The molecule has 1 aromatic rings. The first-order chi connectivity index (χ1) is 14.3. The molecule has 1 aromatic carbocycles. The third-order valence-corrected chi connectivity index (χ3v) is 5.18. The van der Waals surface area contributed by atoms with Crippen LogP contribution in [0.15, 0.2) is 36.5 Å². The lowest BCUT2D eigenvalue weighted by molar-refractivity contribution is 0.104. The second-order valence-corrected chi connectivity index (χ2v) is 7.91. The van der Waals surface area contributed by atoms with Crippen LogP contribution in [0, 0.1) is 0 Å². The molecule has 0 aliphatic rings. The first-order valence-corrected chi connectivity index (χ1v) is 11.9. The maximum absolute atomic E-state index is 12.2. The van der Waals surface area contributed by atoms with Crippen LogP contribution < -0.4 is 10.1 Å². The number of unbranched alkanes of at least 4 members (excludes halogenated alkanes) is 11. The fourth-order valence-electron chi connectivity index (χ4n) is 3.29. The van der Waals surface area contributed by atoms with Gasteiger partial charge in [0, 0.05) is 24.4 Å². The number of rotatable bonds is 19. The number of ether oxygens (including phenoxy) is 1. The van der Waals surface area contributed by atoms with Gasteiger partial charge in [-0.1, -0.05) is 84.5 Å².